The Kier molecular flexibility index (Phi) is 17.6. The van der Waals surface area contributed by atoms with Crippen LogP contribution in [0, 0.1) is 5.92 Å². The Morgan fingerprint density at radius 3 is 2.39 bits per heavy atom. The third kappa shape index (κ3) is 11.8. The van der Waals surface area contributed by atoms with Gasteiger partial charge in [0.05, 0.1) is 53.4 Å². The highest BCUT2D eigenvalue weighted by molar-refractivity contribution is 5.96. The Morgan fingerprint density at radius 1 is 0.985 bits per heavy atom. The van der Waals surface area contributed by atoms with Crippen LogP contribution in [0.3, 0.4) is 0 Å². The van der Waals surface area contributed by atoms with Crippen LogP contribution in [0.4, 0.5) is 10.5 Å². The van der Waals surface area contributed by atoms with Gasteiger partial charge in [-0.25, -0.2) is 19.4 Å². The molecule has 19 nitrogen and oxygen atoms in total. The number of carboxylic acids is 1. The number of nitrogens with zero attached hydrogens (tertiary/aromatic N) is 3. The lowest BCUT2D eigenvalue weighted by Crippen LogP contribution is -2.46. The Bertz CT molecular complexity index is 2520. The number of aliphatic hydroxyl groups excluding tert-OH is 2. The van der Waals surface area contributed by atoms with Crippen molar-refractivity contribution >= 4 is 46.4 Å². The minimum atomic E-state index is -1.59. The molecule has 1 saturated heterocycles. The van der Waals surface area contributed by atoms with Crippen molar-refractivity contribution in [1.29, 1.82) is 0 Å². The number of aliphatic carboxylic acids is 1. The van der Waals surface area contributed by atoms with Crippen molar-refractivity contribution in [2.45, 2.75) is 131 Å². The number of aliphatic hydroxyl groups is 2. The molecule has 4 aromatic rings. The van der Waals surface area contributed by atoms with Crippen LogP contribution in [-0.4, -0.2) is 103 Å². The number of hydrogen-bond acceptors (Lipinski definition) is 14. The zero-order chi connectivity index (χ0) is 49.3. The zero-order valence-electron chi connectivity index (χ0n) is 39.2. The van der Waals surface area contributed by atoms with Crippen LogP contribution in [0.2, 0.25) is 0 Å². The normalized spacial score (nSPS) is 18.4. The minimum absolute atomic E-state index is 0.0269. The van der Waals surface area contributed by atoms with Gasteiger partial charge in [-0.3, -0.25) is 14.4 Å². The van der Waals surface area contributed by atoms with E-state index in [1.165, 1.54) is 12.1 Å². The highest BCUT2D eigenvalue weighted by Gasteiger charge is 2.36. The average Bonchev–Trinajstić information content (AvgIpc) is 3.68. The van der Waals surface area contributed by atoms with Gasteiger partial charge in [0.25, 0.3) is 5.56 Å². The summed E-state index contributed by atoms with van der Waals surface area (Å²) in [5.74, 6) is -3.37. The van der Waals surface area contributed by atoms with E-state index < -0.39 is 67.0 Å². The van der Waals surface area contributed by atoms with Gasteiger partial charge in [0, 0.05) is 41.9 Å². The van der Waals surface area contributed by atoms with Gasteiger partial charge < -0.3 is 60.1 Å². The summed E-state index contributed by atoms with van der Waals surface area (Å²) < 4.78 is 24.0. The number of nitrogens with one attached hydrogen (secondary N) is 2. The Balaban J connectivity index is 0.00000204. The second-order valence-electron chi connectivity index (χ2n) is 16.4. The van der Waals surface area contributed by atoms with Gasteiger partial charge in [-0.2, -0.15) is 0 Å². The number of aromatic nitrogens is 2. The molecule has 5 atom stereocenters. The number of benzene rings is 2. The summed E-state index contributed by atoms with van der Waals surface area (Å²) in [6, 6.07) is 12.6. The van der Waals surface area contributed by atoms with E-state index >= 15 is 0 Å². The fourth-order valence-corrected chi connectivity index (χ4v) is 7.84. The molecule has 362 valence electrons. The number of nitrogens with two attached hydrogens (primary N) is 1. The molecule has 67 heavy (non-hydrogen) atoms. The zero-order valence-corrected chi connectivity index (χ0v) is 39.2. The van der Waals surface area contributed by atoms with Gasteiger partial charge in [-0.15, -0.1) is 0 Å². The topological polar surface area (TPSA) is 271 Å². The fraction of sp³-hybridized carbons (Fsp3) is 0.479. The highest BCUT2D eigenvalue weighted by Crippen LogP contribution is 2.38. The van der Waals surface area contributed by atoms with Crippen molar-refractivity contribution < 1.29 is 58.2 Å². The lowest BCUT2D eigenvalue weighted by molar-refractivity contribution is -0.195. The van der Waals surface area contributed by atoms with Crippen LogP contribution in [0.25, 0.3) is 22.3 Å². The molecule has 2 aromatic heterocycles. The molecule has 5 unspecified atom stereocenters. The van der Waals surface area contributed by atoms with Gasteiger partial charge in [0.2, 0.25) is 18.1 Å². The first kappa shape index (κ1) is 51.6. The molecule has 0 spiro atoms. The number of rotatable bonds is 14. The van der Waals surface area contributed by atoms with Crippen molar-refractivity contribution in [1.82, 2.24) is 19.8 Å². The average molecular weight is 931 g/mol. The van der Waals surface area contributed by atoms with E-state index in [1.807, 2.05) is 65.8 Å². The van der Waals surface area contributed by atoms with Gasteiger partial charge in [0.15, 0.2) is 12.2 Å². The summed E-state index contributed by atoms with van der Waals surface area (Å²) in [6.07, 6.45) is -5.67. The van der Waals surface area contributed by atoms with Gasteiger partial charge in [-0.1, -0.05) is 65.8 Å². The molecule has 2 aromatic carbocycles. The summed E-state index contributed by atoms with van der Waals surface area (Å²) in [7, 11) is 0. The Morgan fingerprint density at radius 2 is 1.70 bits per heavy atom. The molecule has 3 aliphatic rings. The van der Waals surface area contributed by atoms with E-state index in [4.69, 9.17) is 29.7 Å². The van der Waals surface area contributed by atoms with Crippen molar-refractivity contribution in [3.05, 3.63) is 86.7 Å². The maximum atomic E-state index is 13.8. The highest BCUT2D eigenvalue weighted by atomic mass is 16.7. The number of hydrogen-bond donors (Lipinski definition) is 6. The number of amides is 3. The van der Waals surface area contributed by atoms with E-state index in [0.29, 0.717) is 28.9 Å². The molecule has 0 bridgehead atoms. The maximum Gasteiger partial charge on any atom is 0.410 e. The van der Waals surface area contributed by atoms with Crippen LogP contribution in [-0.2, 0) is 59.6 Å². The number of anilines is 1. The quantitative estimate of drug-likeness (QED) is 0.0836. The van der Waals surface area contributed by atoms with E-state index in [-0.39, 0.29) is 79.2 Å². The first-order chi connectivity index (χ1) is 32.0. The maximum absolute atomic E-state index is 13.8. The summed E-state index contributed by atoms with van der Waals surface area (Å²) in [6.45, 7) is 14.7. The smallest absolute Gasteiger partial charge is 0.410 e. The lowest BCUT2D eigenvalue weighted by atomic mass is 9.97. The summed E-state index contributed by atoms with van der Waals surface area (Å²) >= 11 is 0. The number of carbonyl (C=O) groups excluding carboxylic acids is 4. The molecule has 1 fully saturated rings. The minimum Gasteiger partial charge on any atom is -0.479 e. The molecule has 5 heterocycles. The molecule has 3 amide bonds. The van der Waals surface area contributed by atoms with Crippen LogP contribution >= 0.6 is 0 Å². The number of carboxylic acid groups (broad SMARTS) is 1. The Labute approximate surface area is 388 Å². The van der Waals surface area contributed by atoms with Crippen LogP contribution < -0.4 is 26.7 Å². The number of para-hydroxylation sites is 1. The SMILES string of the molecule is CC.CC.CC(C)C(N)C(=O)NCC(=O)Nc1ccc(COC(=O)N(CCc2c3c(nc4ccccc24)-c2cc4c(c(=O)n2C3)COC(=O)C4O)C(C)C)cc1OC1CC(O)CC(C(=O)O)O1. The molecule has 19 heteroatoms. The predicted octanol–water partition coefficient (Wildman–Crippen LogP) is 4.52. The largest absolute Gasteiger partial charge is 0.479 e. The third-order valence-corrected chi connectivity index (χ3v) is 11.4. The standard InChI is InChI=1S/C44H50N6O13.2C2H6/c1-21(2)37(45)40(54)46-17-35(52)47-31-10-9-23(13-33(31)62-36-15-24(51)14-34(63-36)42(56)57)19-61-44(59)49(22(3)4)12-11-25-26-7-5-6-8-30(26)48-38-28(25)18-50-32(38)16-27-29(41(50)55)20-60-43(58)39(27)53;2*1-2/h5-10,13,16,21-22,24,34,36-37,39,51,53H,11-12,14-15,17-20,45H2,1-4H3,(H,46,54)(H,47,52)(H,56,57);2*1-2H3. The molecule has 0 radical (unpaired) electrons. The fourth-order valence-electron chi connectivity index (χ4n) is 7.84. The van der Waals surface area contributed by atoms with E-state index in [1.54, 1.807) is 35.4 Å². The van der Waals surface area contributed by atoms with Gasteiger partial charge in [0.1, 0.15) is 19.0 Å². The van der Waals surface area contributed by atoms with Crippen molar-refractivity contribution in [3.63, 3.8) is 0 Å². The van der Waals surface area contributed by atoms with Crippen LogP contribution in [0.5, 0.6) is 5.75 Å². The van der Waals surface area contributed by atoms with Crippen molar-refractivity contribution in [2.24, 2.45) is 11.7 Å². The first-order valence-electron chi connectivity index (χ1n) is 22.6. The van der Waals surface area contributed by atoms with Gasteiger partial charge in [-0.05, 0) is 61.6 Å². The number of esters is 1. The molecular formula is C48H62N6O13. The molecular weight excluding hydrogens is 869 g/mol. The summed E-state index contributed by atoms with van der Waals surface area (Å²) in [4.78, 5) is 83.1. The molecule has 0 aliphatic carbocycles. The van der Waals surface area contributed by atoms with Gasteiger partial charge >= 0.3 is 18.0 Å². The Hall–Kier alpha value is -6.41. The van der Waals surface area contributed by atoms with Crippen molar-refractivity contribution in [3.8, 4) is 17.1 Å². The van der Waals surface area contributed by atoms with E-state index in [2.05, 4.69) is 10.6 Å². The number of pyridine rings is 2. The first-order valence-corrected chi connectivity index (χ1v) is 22.6. The van der Waals surface area contributed by atoms with Crippen molar-refractivity contribution in [2.75, 3.05) is 18.4 Å². The molecule has 3 aliphatic heterocycles. The number of fused-ring (bicyclic) bond motifs is 5. The third-order valence-electron chi connectivity index (χ3n) is 11.4. The molecule has 7 rings (SSSR count). The second kappa shape index (κ2) is 22.9. The number of cyclic esters (lactones) is 1. The van der Waals surface area contributed by atoms with Crippen LogP contribution in [0.1, 0.15) is 102 Å². The molecule has 0 saturated carbocycles. The van der Waals surface area contributed by atoms with Crippen LogP contribution in [0.15, 0.2) is 53.3 Å². The second-order valence-corrected chi connectivity index (χ2v) is 16.4. The van der Waals surface area contributed by atoms with E-state index in [9.17, 15) is 44.1 Å². The predicted molar refractivity (Wildman–Crippen MR) is 247 cm³/mol. The summed E-state index contributed by atoms with van der Waals surface area (Å²) in [5, 5.41) is 36.5. The molecule has 7 N–H and O–H groups in total. The summed E-state index contributed by atoms with van der Waals surface area (Å²) in [5.41, 5.74) is 9.78. The number of carbonyl (C=O) groups is 5. The monoisotopic (exact) mass is 930 g/mol. The lowest BCUT2D eigenvalue weighted by Gasteiger charge is -2.31. The number of ether oxygens (including phenoxy) is 4. The van der Waals surface area contributed by atoms with E-state index in [0.717, 1.165) is 16.5 Å².